The van der Waals surface area contributed by atoms with E-state index >= 15 is 0 Å². The predicted octanol–water partition coefficient (Wildman–Crippen LogP) is 4.38. The molecule has 0 saturated heterocycles. The van der Waals surface area contributed by atoms with Crippen LogP contribution in [-0.2, 0) is 11.9 Å². The van der Waals surface area contributed by atoms with E-state index in [0.717, 1.165) is 16.3 Å². The highest BCUT2D eigenvalue weighted by atomic mass is 79.9. The SMILES string of the molecule is CN(Cc1cccnc1)c1ccc(CBr)c(Br)c1. The Balaban J connectivity index is 2.14. The molecule has 2 rings (SSSR count). The topological polar surface area (TPSA) is 16.1 Å². The van der Waals surface area contributed by atoms with Gasteiger partial charge in [-0.25, -0.2) is 0 Å². The summed E-state index contributed by atoms with van der Waals surface area (Å²) in [5.74, 6) is 0. The number of hydrogen-bond donors (Lipinski definition) is 0. The molecule has 0 aliphatic carbocycles. The number of halogens is 2. The highest BCUT2D eigenvalue weighted by Gasteiger charge is 2.05. The summed E-state index contributed by atoms with van der Waals surface area (Å²) in [6.07, 6.45) is 3.70. The Morgan fingerprint density at radius 2 is 2.11 bits per heavy atom. The van der Waals surface area contributed by atoms with Crippen LogP contribution in [0.2, 0.25) is 0 Å². The summed E-state index contributed by atoms with van der Waals surface area (Å²) in [5.41, 5.74) is 3.66. The third kappa shape index (κ3) is 3.33. The van der Waals surface area contributed by atoms with Gasteiger partial charge in [0.1, 0.15) is 0 Å². The second-order valence-electron chi connectivity index (χ2n) is 4.13. The van der Waals surface area contributed by atoms with Crippen LogP contribution in [0.3, 0.4) is 0 Å². The van der Waals surface area contributed by atoms with Crippen LogP contribution in [-0.4, -0.2) is 12.0 Å². The van der Waals surface area contributed by atoms with E-state index in [-0.39, 0.29) is 0 Å². The molecule has 0 N–H and O–H groups in total. The smallest absolute Gasteiger partial charge is 0.0441 e. The Hall–Kier alpha value is -0.870. The van der Waals surface area contributed by atoms with Crippen LogP contribution in [0.4, 0.5) is 5.69 Å². The van der Waals surface area contributed by atoms with Gasteiger partial charge in [0.25, 0.3) is 0 Å². The van der Waals surface area contributed by atoms with Gasteiger partial charge in [-0.3, -0.25) is 4.98 Å². The number of hydrogen-bond acceptors (Lipinski definition) is 2. The molecule has 0 fully saturated rings. The third-order valence-corrected chi connectivity index (χ3v) is 4.11. The number of alkyl halides is 1. The van der Waals surface area contributed by atoms with E-state index in [1.807, 2.05) is 12.3 Å². The van der Waals surface area contributed by atoms with Crippen molar-refractivity contribution in [1.82, 2.24) is 4.98 Å². The lowest BCUT2D eigenvalue weighted by Crippen LogP contribution is -2.16. The molecule has 94 valence electrons. The van der Waals surface area contributed by atoms with Gasteiger partial charge in [0.15, 0.2) is 0 Å². The molecule has 0 aliphatic heterocycles. The zero-order chi connectivity index (χ0) is 13.0. The number of rotatable bonds is 4. The second kappa shape index (κ2) is 6.34. The molecule has 0 spiro atoms. The average molecular weight is 370 g/mol. The van der Waals surface area contributed by atoms with Crippen LogP contribution >= 0.6 is 31.9 Å². The van der Waals surface area contributed by atoms with Gasteiger partial charge in [0.2, 0.25) is 0 Å². The molecule has 0 radical (unpaired) electrons. The molecule has 0 bridgehead atoms. The molecular formula is C14H14Br2N2. The molecule has 0 aliphatic rings. The Morgan fingerprint density at radius 1 is 1.28 bits per heavy atom. The second-order valence-corrected chi connectivity index (χ2v) is 5.54. The largest absolute Gasteiger partial charge is 0.370 e. The average Bonchev–Trinajstić information content (AvgIpc) is 2.39. The molecule has 2 nitrogen and oxygen atoms in total. The van der Waals surface area contributed by atoms with Gasteiger partial charge in [0, 0.05) is 41.5 Å². The fraction of sp³-hybridized carbons (Fsp3) is 0.214. The first-order chi connectivity index (χ1) is 8.70. The third-order valence-electron chi connectivity index (χ3n) is 2.76. The van der Waals surface area contributed by atoms with E-state index in [0.29, 0.717) is 0 Å². The molecule has 0 saturated carbocycles. The van der Waals surface area contributed by atoms with Crippen LogP contribution < -0.4 is 4.90 Å². The van der Waals surface area contributed by atoms with Crippen molar-refractivity contribution in [3.63, 3.8) is 0 Å². The van der Waals surface area contributed by atoms with Crippen molar-refractivity contribution >= 4 is 37.5 Å². The first kappa shape index (κ1) is 13.6. The Morgan fingerprint density at radius 3 is 2.72 bits per heavy atom. The van der Waals surface area contributed by atoms with E-state index in [1.165, 1.54) is 16.8 Å². The maximum atomic E-state index is 4.13. The molecule has 0 amide bonds. The van der Waals surface area contributed by atoms with Gasteiger partial charge < -0.3 is 4.90 Å². The molecule has 1 aromatic heterocycles. The van der Waals surface area contributed by atoms with Gasteiger partial charge in [-0.1, -0.05) is 44.0 Å². The van der Waals surface area contributed by atoms with E-state index in [9.17, 15) is 0 Å². The van der Waals surface area contributed by atoms with Crippen molar-refractivity contribution in [3.8, 4) is 0 Å². The quantitative estimate of drug-likeness (QED) is 0.743. The normalized spacial score (nSPS) is 10.4. The van der Waals surface area contributed by atoms with Crippen molar-refractivity contribution in [2.24, 2.45) is 0 Å². The highest BCUT2D eigenvalue weighted by molar-refractivity contribution is 9.10. The van der Waals surface area contributed by atoms with Gasteiger partial charge in [-0.15, -0.1) is 0 Å². The van der Waals surface area contributed by atoms with Crippen molar-refractivity contribution in [1.29, 1.82) is 0 Å². The van der Waals surface area contributed by atoms with Crippen molar-refractivity contribution in [2.45, 2.75) is 11.9 Å². The van der Waals surface area contributed by atoms with Gasteiger partial charge >= 0.3 is 0 Å². The lowest BCUT2D eigenvalue weighted by Gasteiger charge is -2.20. The number of pyridine rings is 1. The zero-order valence-electron chi connectivity index (χ0n) is 10.1. The van der Waals surface area contributed by atoms with Crippen LogP contribution in [0.1, 0.15) is 11.1 Å². The monoisotopic (exact) mass is 368 g/mol. The molecule has 1 aromatic carbocycles. The summed E-state index contributed by atoms with van der Waals surface area (Å²) in [4.78, 5) is 6.34. The Bertz CT molecular complexity index is 514. The number of aromatic nitrogens is 1. The van der Waals surface area contributed by atoms with Crippen LogP contribution in [0.25, 0.3) is 0 Å². The summed E-state index contributed by atoms with van der Waals surface area (Å²) in [7, 11) is 2.09. The molecule has 2 aromatic rings. The van der Waals surface area contributed by atoms with E-state index < -0.39 is 0 Å². The lowest BCUT2D eigenvalue weighted by molar-refractivity contribution is 0.914. The maximum absolute atomic E-state index is 4.13. The van der Waals surface area contributed by atoms with Gasteiger partial charge in [-0.2, -0.15) is 0 Å². The minimum atomic E-state index is 0.855. The Labute approximate surface area is 124 Å². The van der Waals surface area contributed by atoms with Crippen molar-refractivity contribution < 1.29 is 0 Å². The molecular weight excluding hydrogens is 356 g/mol. The lowest BCUT2D eigenvalue weighted by atomic mass is 10.2. The number of anilines is 1. The van der Waals surface area contributed by atoms with Gasteiger partial charge in [0.05, 0.1) is 0 Å². The summed E-state index contributed by atoms with van der Waals surface area (Å²) in [6, 6.07) is 10.5. The number of benzene rings is 1. The first-order valence-electron chi connectivity index (χ1n) is 5.65. The highest BCUT2D eigenvalue weighted by Crippen LogP contribution is 2.25. The standard InChI is InChI=1S/C14H14Br2N2/c1-18(10-11-3-2-6-17-9-11)13-5-4-12(8-15)14(16)7-13/h2-7,9H,8,10H2,1H3. The van der Waals surface area contributed by atoms with Crippen molar-refractivity contribution in [3.05, 3.63) is 58.3 Å². The first-order valence-corrected chi connectivity index (χ1v) is 7.56. The number of nitrogens with zero attached hydrogens (tertiary/aromatic N) is 2. The van der Waals surface area contributed by atoms with Crippen LogP contribution in [0.15, 0.2) is 47.2 Å². The maximum Gasteiger partial charge on any atom is 0.0441 e. The molecule has 4 heteroatoms. The van der Waals surface area contributed by atoms with Gasteiger partial charge in [-0.05, 0) is 29.3 Å². The van der Waals surface area contributed by atoms with E-state index in [4.69, 9.17) is 0 Å². The fourth-order valence-electron chi connectivity index (χ4n) is 1.74. The zero-order valence-corrected chi connectivity index (χ0v) is 13.3. The Kier molecular flexibility index (Phi) is 4.78. The fourth-order valence-corrected chi connectivity index (χ4v) is 3.11. The minimum Gasteiger partial charge on any atom is -0.370 e. The van der Waals surface area contributed by atoms with Crippen LogP contribution in [0, 0.1) is 0 Å². The summed E-state index contributed by atoms with van der Waals surface area (Å²) < 4.78 is 1.13. The summed E-state index contributed by atoms with van der Waals surface area (Å²) in [6.45, 7) is 0.855. The minimum absolute atomic E-state index is 0.855. The molecule has 0 unspecified atom stereocenters. The van der Waals surface area contributed by atoms with E-state index in [1.54, 1.807) is 6.20 Å². The molecule has 1 heterocycles. The van der Waals surface area contributed by atoms with Crippen LogP contribution in [0.5, 0.6) is 0 Å². The van der Waals surface area contributed by atoms with Crippen molar-refractivity contribution in [2.75, 3.05) is 11.9 Å². The molecule has 0 atom stereocenters. The predicted molar refractivity (Wildman–Crippen MR) is 83.1 cm³/mol. The molecule has 18 heavy (non-hydrogen) atoms. The summed E-state index contributed by atoms with van der Waals surface area (Å²) >= 11 is 7.06. The van der Waals surface area contributed by atoms with E-state index in [2.05, 4.69) is 73.1 Å². The summed E-state index contributed by atoms with van der Waals surface area (Å²) in [5, 5.41) is 0.861.